The number of fused-ring (bicyclic) bond motifs is 4. The van der Waals surface area contributed by atoms with E-state index >= 15 is 0 Å². The minimum absolute atomic E-state index is 0. The van der Waals surface area contributed by atoms with E-state index in [4.69, 9.17) is 0 Å². The first-order valence-electron chi connectivity index (χ1n) is 8.99. The average Bonchev–Trinajstić information content (AvgIpc) is 2.94. The number of carbonyl (C=O) groups is 1. The number of H-pyrrole nitrogens is 2. The molecule has 27 heavy (non-hydrogen) atoms. The van der Waals surface area contributed by atoms with E-state index in [9.17, 15) is 14.4 Å². The zero-order valence-corrected chi connectivity index (χ0v) is 15.9. The van der Waals surface area contributed by atoms with E-state index in [2.05, 4.69) is 20.8 Å². The summed E-state index contributed by atoms with van der Waals surface area (Å²) in [7, 11) is 0. The van der Waals surface area contributed by atoms with E-state index in [1.165, 1.54) is 0 Å². The van der Waals surface area contributed by atoms with Crippen molar-refractivity contribution in [2.45, 2.75) is 31.7 Å². The number of aromatic nitrogens is 3. The quantitative estimate of drug-likeness (QED) is 0.594. The highest BCUT2D eigenvalue weighted by atomic mass is 35.5. The third-order valence-electron chi connectivity index (χ3n) is 5.64. The fourth-order valence-electron chi connectivity index (χ4n) is 4.29. The first-order valence-corrected chi connectivity index (χ1v) is 8.99. The molecule has 4 heterocycles. The molecule has 3 atom stereocenters. The Hall–Kier alpha value is -2.32. The highest BCUT2D eigenvalue weighted by Gasteiger charge is 2.37. The summed E-state index contributed by atoms with van der Waals surface area (Å²) < 4.78 is 1.86. The van der Waals surface area contributed by atoms with Crippen LogP contribution in [-0.4, -0.2) is 40.3 Å². The van der Waals surface area contributed by atoms with Crippen molar-refractivity contribution in [3.8, 4) is 0 Å². The summed E-state index contributed by atoms with van der Waals surface area (Å²) in [5, 5.41) is 11.6. The van der Waals surface area contributed by atoms with Crippen LogP contribution in [0.25, 0.3) is 0 Å². The SMILES string of the molecule is Cc1[nH][nH]c(=O)c1CC(=O)NC[C@H]1[C@@H]2CNC[C@@H](C2)c2cccc(=O)n21.Cl. The van der Waals surface area contributed by atoms with Gasteiger partial charge in [0.2, 0.25) is 5.91 Å². The van der Waals surface area contributed by atoms with Gasteiger partial charge in [0.15, 0.2) is 0 Å². The second-order valence-electron chi connectivity index (χ2n) is 7.24. The Morgan fingerprint density at radius 1 is 1.26 bits per heavy atom. The first kappa shape index (κ1) is 19.4. The van der Waals surface area contributed by atoms with Gasteiger partial charge >= 0.3 is 0 Å². The first-order chi connectivity index (χ1) is 12.5. The van der Waals surface area contributed by atoms with E-state index in [0.29, 0.717) is 29.6 Å². The summed E-state index contributed by atoms with van der Waals surface area (Å²) in [6.45, 7) is 3.87. The van der Waals surface area contributed by atoms with Crippen LogP contribution in [-0.2, 0) is 11.2 Å². The minimum Gasteiger partial charge on any atom is -0.354 e. The van der Waals surface area contributed by atoms with Crippen LogP contribution in [0.5, 0.6) is 0 Å². The lowest BCUT2D eigenvalue weighted by Gasteiger charge is -2.43. The number of halogens is 1. The maximum atomic E-state index is 12.5. The van der Waals surface area contributed by atoms with Crippen molar-refractivity contribution in [2.24, 2.45) is 5.92 Å². The van der Waals surface area contributed by atoms with E-state index in [1.54, 1.807) is 19.1 Å². The van der Waals surface area contributed by atoms with Crippen molar-refractivity contribution >= 4 is 18.3 Å². The maximum Gasteiger partial charge on any atom is 0.267 e. The van der Waals surface area contributed by atoms with Gasteiger partial charge in [-0.3, -0.25) is 19.5 Å². The molecule has 1 fully saturated rings. The molecule has 2 aliphatic rings. The van der Waals surface area contributed by atoms with Crippen LogP contribution in [0.4, 0.5) is 0 Å². The zero-order chi connectivity index (χ0) is 18.3. The molecule has 0 saturated carbocycles. The number of carbonyl (C=O) groups excluding carboxylic acids is 1. The lowest BCUT2D eigenvalue weighted by Crippen LogP contribution is -2.50. The fourth-order valence-corrected chi connectivity index (χ4v) is 4.29. The third kappa shape index (κ3) is 3.59. The Labute approximate surface area is 162 Å². The molecule has 8 nitrogen and oxygen atoms in total. The highest BCUT2D eigenvalue weighted by Crippen LogP contribution is 2.37. The Morgan fingerprint density at radius 3 is 2.81 bits per heavy atom. The molecule has 2 aliphatic heterocycles. The molecular weight excluding hydrogens is 370 g/mol. The van der Waals surface area contributed by atoms with Gasteiger partial charge in [-0.2, -0.15) is 0 Å². The van der Waals surface area contributed by atoms with E-state index in [1.807, 2.05) is 10.6 Å². The van der Waals surface area contributed by atoms with Gasteiger partial charge in [0.25, 0.3) is 11.1 Å². The average molecular weight is 394 g/mol. The van der Waals surface area contributed by atoms with Crippen molar-refractivity contribution in [2.75, 3.05) is 19.6 Å². The predicted octanol–water partition coefficient (Wildman–Crippen LogP) is 0.202. The van der Waals surface area contributed by atoms with Crippen molar-refractivity contribution in [3.05, 3.63) is 55.9 Å². The molecule has 4 rings (SSSR count). The normalized spacial score (nSPS) is 23.2. The number of pyridine rings is 1. The number of aromatic amines is 2. The molecule has 0 spiro atoms. The topological polar surface area (TPSA) is 112 Å². The molecule has 4 N–H and O–H groups in total. The Balaban J connectivity index is 0.00000210. The number of amides is 1. The van der Waals surface area contributed by atoms with E-state index in [-0.39, 0.29) is 41.9 Å². The molecule has 0 radical (unpaired) electrons. The van der Waals surface area contributed by atoms with Gasteiger partial charge in [-0.1, -0.05) is 6.07 Å². The van der Waals surface area contributed by atoms with Crippen LogP contribution in [0, 0.1) is 12.8 Å². The predicted molar refractivity (Wildman–Crippen MR) is 104 cm³/mol. The number of nitrogens with zero attached hydrogens (tertiary/aromatic N) is 1. The van der Waals surface area contributed by atoms with Crippen LogP contribution in [0.2, 0.25) is 0 Å². The largest absolute Gasteiger partial charge is 0.354 e. The van der Waals surface area contributed by atoms with Gasteiger partial charge in [-0.05, 0) is 25.3 Å². The standard InChI is InChI=1S/C18H23N5O3.ClH/c1-10-13(18(26)22-21-10)6-16(24)20-9-15-12-5-11(7-19-8-12)14-3-2-4-17(25)23(14)15;/h2-4,11-12,15,19H,5-9H2,1H3,(H,20,24)(H2,21,22,26);1H/t11-,12+,15+;/m1./s1. The van der Waals surface area contributed by atoms with Crippen LogP contribution >= 0.6 is 12.4 Å². The smallest absolute Gasteiger partial charge is 0.267 e. The summed E-state index contributed by atoms with van der Waals surface area (Å²) in [6.07, 6.45) is 1.05. The van der Waals surface area contributed by atoms with Gasteiger partial charge < -0.3 is 20.3 Å². The molecule has 0 unspecified atom stereocenters. The zero-order valence-electron chi connectivity index (χ0n) is 15.1. The summed E-state index contributed by atoms with van der Waals surface area (Å²) in [5.74, 6) is 0.435. The molecule has 146 valence electrons. The Morgan fingerprint density at radius 2 is 2.07 bits per heavy atom. The van der Waals surface area contributed by atoms with Crippen molar-refractivity contribution < 1.29 is 4.79 Å². The second kappa shape index (κ2) is 7.74. The lowest BCUT2D eigenvalue weighted by atomic mass is 9.79. The van der Waals surface area contributed by atoms with Crippen molar-refractivity contribution in [3.63, 3.8) is 0 Å². The summed E-state index contributed by atoms with van der Waals surface area (Å²) >= 11 is 0. The number of hydrogen-bond acceptors (Lipinski definition) is 4. The van der Waals surface area contributed by atoms with Gasteiger partial charge in [0.1, 0.15) is 0 Å². The molecule has 2 bridgehead atoms. The number of rotatable bonds is 4. The van der Waals surface area contributed by atoms with Gasteiger partial charge in [-0.25, -0.2) is 0 Å². The number of nitrogens with one attached hydrogen (secondary N) is 4. The summed E-state index contributed by atoms with van der Waals surface area (Å²) in [6, 6.07) is 5.32. The van der Waals surface area contributed by atoms with Crippen LogP contribution in [0.15, 0.2) is 27.8 Å². The van der Waals surface area contributed by atoms with Crippen LogP contribution in [0.3, 0.4) is 0 Å². The number of piperidine rings is 1. The third-order valence-corrected chi connectivity index (χ3v) is 5.64. The molecule has 9 heteroatoms. The number of aryl methyl sites for hydroxylation is 1. The number of hydrogen-bond donors (Lipinski definition) is 4. The molecule has 0 aliphatic carbocycles. The molecule has 2 aromatic rings. The van der Waals surface area contributed by atoms with Crippen LogP contribution < -0.4 is 21.8 Å². The van der Waals surface area contributed by atoms with Crippen LogP contribution in [0.1, 0.15) is 35.3 Å². The monoisotopic (exact) mass is 393 g/mol. The minimum atomic E-state index is -0.267. The molecule has 0 aromatic carbocycles. The lowest BCUT2D eigenvalue weighted by molar-refractivity contribution is -0.120. The molecule has 1 amide bonds. The molecule has 1 saturated heterocycles. The molecule has 2 aromatic heterocycles. The van der Waals surface area contributed by atoms with Gasteiger partial charge in [-0.15, -0.1) is 12.4 Å². The van der Waals surface area contributed by atoms with Crippen molar-refractivity contribution in [1.82, 2.24) is 25.4 Å². The maximum absolute atomic E-state index is 12.5. The second-order valence-corrected chi connectivity index (χ2v) is 7.24. The highest BCUT2D eigenvalue weighted by molar-refractivity contribution is 5.85. The fraction of sp³-hybridized carbons (Fsp3) is 0.500. The summed E-state index contributed by atoms with van der Waals surface area (Å²) in [5.41, 5.74) is 1.87. The molecular formula is C18H24ClN5O3. The van der Waals surface area contributed by atoms with E-state index < -0.39 is 0 Å². The van der Waals surface area contributed by atoms with Gasteiger partial charge in [0, 0.05) is 48.6 Å². The van der Waals surface area contributed by atoms with Crippen molar-refractivity contribution in [1.29, 1.82) is 0 Å². The van der Waals surface area contributed by atoms with E-state index in [0.717, 1.165) is 25.2 Å². The Bertz CT molecular complexity index is 947. The Kier molecular flexibility index (Phi) is 5.57. The van der Waals surface area contributed by atoms with Gasteiger partial charge in [0.05, 0.1) is 12.5 Å². The summed E-state index contributed by atoms with van der Waals surface area (Å²) in [4.78, 5) is 36.5.